The Kier molecular flexibility index (Phi) is 8.61. The summed E-state index contributed by atoms with van der Waals surface area (Å²) in [6.07, 6.45) is 1.10. The number of hydrazine groups is 1. The third-order valence-corrected chi connectivity index (χ3v) is 4.19. The first-order chi connectivity index (χ1) is 13.9. The molecule has 0 aliphatic carbocycles. The predicted octanol–water partition coefficient (Wildman–Crippen LogP) is 3.76. The minimum Gasteiger partial charge on any atom is -0.493 e. The second kappa shape index (κ2) is 11.2. The van der Waals surface area contributed by atoms with Crippen LogP contribution in [-0.4, -0.2) is 31.6 Å². The Morgan fingerprint density at radius 1 is 1.10 bits per heavy atom. The van der Waals surface area contributed by atoms with E-state index in [0.29, 0.717) is 34.4 Å². The highest BCUT2D eigenvalue weighted by atomic mass is 35.5. The first-order valence-corrected chi connectivity index (χ1v) is 9.65. The van der Waals surface area contributed by atoms with Gasteiger partial charge >= 0.3 is 0 Å². The van der Waals surface area contributed by atoms with E-state index in [4.69, 9.17) is 25.8 Å². The van der Waals surface area contributed by atoms with Crippen LogP contribution in [0.4, 0.5) is 0 Å². The standard InChI is InChI=1S/C21H25ClN2O5/c1-4-5-11-28-18-10-9-15(12-19(18)27-3)21(26)24-23-20(25)14(2)29-17-8-6-7-16(22)13-17/h6-10,12-14H,4-5,11H2,1-3H3,(H,23,25)(H,24,26). The molecule has 156 valence electrons. The van der Waals surface area contributed by atoms with Gasteiger partial charge in [-0.15, -0.1) is 0 Å². The Morgan fingerprint density at radius 2 is 1.90 bits per heavy atom. The van der Waals surface area contributed by atoms with Gasteiger partial charge in [0.25, 0.3) is 11.8 Å². The van der Waals surface area contributed by atoms with E-state index in [-0.39, 0.29) is 0 Å². The molecule has 1 atom stereocenters. The zero-order valence-electron chi connectivity index (χ0n) is 16.7. The Hall–Kier alpha value is -2.93. The molecule has 8 heteroatoms. The van der Waals surface area contributed by atoms with Crippen molar-refractivity contribution in [1.82, 2.24) is 10.9 Å². The fourth-order valence-electron chi connectivity index (χ4n) is 2.34. The lowest BCUT2D eigenvalue weighted by atomic mass is 10.2. The molecule has 0 fully saturated rings. The number of nitrogens with one attached hydrogen (secondary N) is 2. The van der Waals surface area contributed by atoms with Gasteiger partial charge in [0.15, 0.2) is 17.6 Å². The maximum atomic E-state index is 12.3. The minimum absolute atomic E-state index is 0.313. The van der Waals surface area contributed by atoms with Crippen molar-refractivity contribution in [2.75, 3.05) is 13.7 Å². The molecular formula is C21H25ClN2O5. The van der Waals surface area contributed by atoms with Gasteiger partial charge in [-0.3, -0.25) is 20.4 Å². The average Bonchev–Trinajstić information content (AvgIpc) is 2.72. The fourth-order valence-corrected chi connectivity index (χ4v) is 2.52. The molecule has 1 unspecified atom stereocenters. The summed E-state index contributed by atoms with van der Waals surface area (Å²) >= 11 is 5.89. The van der Waals surface area contributed by atoms with Crippen LogP contribution < -0.4 is 25.1 Å². The molecule has 2 aromatic rings. The highest BCUT2D eigenvalue weighted by Crippen LogP contribution is 2.28. The van der Waals surface area contributed by atoms with Crippen molar-refractivity contribution in [1.29, 1.82) is 0 Å². The largest absolute Gasteiger partial charge is 0.493 e. The van der Waals surface area contributed by atoms with Gasteiger partial charge in [0.1, 0.15) is 5.75 Å². The van der Waals surface area contributed by atoms with Crippen LogP contribution in [0.3, 0.4) is 0 Å². The molecule has 0 aromatic heterocycles. The number of benzene rings is 2. The normalized spacial score (nSPS) is 11.3. The van der Waals surface area contributed by atoms with Crippen LogP contribution >= 0.6 is 11.6 Å². The summed E-state index contributed by atoms with van der Waals surface area (Å²) in [6.45, 7) is 4.20. The number of unbranched alkanes of at least 4 members (excludes halogenated alkanes) is 1. The number of amides is 2. The van der Waals surface area contributed by atoms with Gasteiger partial charge in [-0.2, -0.15) is 0 Å². The van der Waals surface area contributed by atoms with Gasteiger partial charge in [0.05, 0.1) is 13.7 Å². The molecule has 0 heterocycles. The number of halogens is 1. The minimum atomic E-state index is -0.836. The molecule has 29 heavy (non-hydrogen) atoms. The van der Waals surface area contributed by atoms with Crippen molar-refractivity contribution in [3.63, 3.8) is 0 Å². The number of hydrogen-bond donors (Lipinski definition) is 2. The highest BCUT2D eigenvalue weighted by Gasteiger charge is 2.17. The number of rotatable bonds is 9. The molecule has 0 aliphatic rings. The molecule has 0 radical (unpaired) electrons. The topological polar surface area (TPSA) is 85.9 Å². The smallest absolute Gasteiger partial charge is 0.279 e. The maximum Gasteiger partial charge on any atom is 0.279 e. The zero-order valence-corrected chi connectivity index (χ0v) is 17.4. The summed E-state index contributed by atoms with van der Waals surface area (Å²) in [4.78, 5) is 24.5. The summed E-state index contributed by atoms with van der Waals surface area (Å²) in [6, 6.07) is 11.5. The van der Waals surface area contributed by atoms with Gasteiger partial charge in [-0.25, -0.2) is 0 Å². The van der Waals surface area contributed by atoms with E-state index in [0.717, 1.165) is 12.8 Å². The Bertz CT molecular complexity index is 844. The van der Waals surface area contributed by atoms with E-state index in [1.54, 1.807) is 49.4 Å². The van der Waals surface area contributed by atoms with Crippen molar-refractivity contribution in [2.45, 2.75) is 32.8 Å². The molecule has 0 saturated heterocycles. The van der Waals surface area contributed by atoms with Crippen molar-refractivity contribution >= 4 is 23.4 Å². The average molecular weight is 421 g/mol. The number of carbonyl (C=O) groups excluding carboxylic acids is 2. The summed E-state index contributed by atoms with van der Waals surface area (Å²) in [5.74, 6) is 0.453. The van der Waals surface area contributed by atoms with Gasteiger partial charge in [-0.1, -0.05) is 31.0 Å². The van der Waals surface area contributed by atoms with Crippen LogP contribution in [0.2, 0.25) is 5.02 Å². The van der Waals surface area contributed by atoms with E-state index in [1.165, 1.54) is 7.11 Å². The van der Waals surface area contributed by atoms with E-state index in [1.807, 2.05) is 0 Å². The van der Waals surface area contributed by atoms with E-state index in [2.05, 4.69) is 17.8 Å². The summed E-state index contributed by atoms with van der Waals surface area (Å²) in [5.41, 5.74) is 5.01. The molecule has 0 spiro atoms. The summed E-state index contributed by atoms with van der Waals surface area (Å²) in [7, 11) is 1.50. The molecule has 7 nitrogen and oxygen atoms in total. The van der Waals surface area contributed by atoms with Crippen LogP contribution in [0.25, 0.3) is 0 Å². The molecule has 2 N–H and O–H groups in total. The summed E-state index contributed by atoms with van der Waals surface area (Å²) in [5, 5.41) is 0.500. The molecule has 0 bridgehead atoms. The van der Waals surface area contributed by atoms with Gasteiger partial charge in [-0.05, 0) is 49.7 Å². The molecule has 2 amide bonds. The lowest BCUT2D eigenvalue weighted by Gasteiger charge is -2.16. The van der Waals surface area contributed by atoms with E-state index in [9.17, 15) is 9.59 Å². The fraction of sp³-hybridized carbons (Fsp3) is 0.333. The molecule has 0 aliphatic heterocycles. The molecule has 2 aromatic carbocycles. The van der Waals surface area contributed by atoms with Crippen molar-refractivity contribution in [3.05, 3.63) is 53.1 Å². The van der Waals surface area contributed by atoms with Crippen molar-refractivity contribution < 1.29 is 23.8 Å². The van der Waals surface area contributed by atoms with Crippen LogP contribution in [-0.2, 0) is 4.79 Å². The second-order valence-electron chi connectivity index (χ2n) is 6.23. The van der Waals surface area contributed by atoms with E-state index < -0.39 is 17.9 Å². The van der Waals surface area contributed by atoms with Gasteiger partial charge in [0.2, 0.25) is 0 Å². The van der Waals surface area contributed by atoms with Crippen LogP contribution in [0.5, 0.6) is 17.2 Å². The lowest BCUT2D eigenvalue weighted by molar-refractivity contribution is -0.128. The summed E-state index contributed by atoms with van der Waals surface area (Å²) < 4.78 is 16.4. The Morgan fingerprint density at radius 3 is 2.59 bits per heavy atom. The Balaban J connectivity index is 1.91. The monoisotopic (exact) mass is 420 g/mol. The first kappa shape index (κ1) is 22.4. The quantitative estimate of drug-likeness (QED) is 0.476. The zero-order chi connectivity index (χ0) is 21.2. The van der Waals surface area contributed by atoms with Crippen molar-refractivity contribution in [3.8, 4) is 17.2 Å². The first-order valence-electron chi connectivity index (χ1n) is 9.27. The van der Waals surface area contributed by atoms with Crippen molar-refractivity contribution in [2.24, 2.45) is 0 Å². The SMILES string of the molecule is CCCCOc1ccc(C(=O)NNC(=O)C(C)Oc2cccc(Cl)c2)cc1OC. The second-order valence-corrected chi connectivity index (χ2v) is 6.66. The van der Waals surface area contributed by atoms with E-state index >= 15 is 0 Å². The predicted molar refractivity (Wildman–Crippen MR) is 111 cm³/mol. The lowest BCUT2D eigenvalue weighted by Crippen LogP contribution is -2.47. The molecule has 0 saturated carbocycles. The van der Waals surface area contributed by atoms with Crippen LogP contribution in [0.1, 0.15) is 37.0 Å². The number of ether oxygens (including phenoxy) is 3. The molecule has 2 rings (SSSR count). The third-order valence-electron chi connectivity index (χ3n) is 3.96. The number of methoxy groups -OCH3 is 1. The highest BCUT2D eigenvalue weighted by molar-refractivity contribution is 6.30. The van der Waals surface area contributed by atoms with Crippen LogP contribution in [0.15, 0.2) is 42.5 Å². The molecular weight excluding hydrogens is 396 g/mol. The van der Waals surface area contributed by atoms with Gasteiger partial charge < -0.3 is 14.2 Å². The maximum absolute atomic E-state index is 12.3. The number of carbonyl (C=O) groups is 2. The number of hydrogen-bond acceptors (Lipinski definition) is 5. The third kappa shape index (κ3) is 6.87. The van der Waals surface area contributed by atoms with Gasteiger partial charge in [0, 0.05) is 10.6 Å². The Labute approximate surface area is 175 Å². The van der Waals surface area contributed by atoms with Crippen LogP contribution in [0, 0.1) is 0 Å².